The molecule has 20 heavy (non-hydrogen) atoms. The molecular formula is C18H13NO. The number of allylic oxidation sites excluding steroid dienone is 1. The molecule has 0 spiro atoms. The molecule has 96 valence electrons. The van der Waals surface area contributed by atoms with Gasteiger partial charge in [0.15, 0.2) is 5.78 Å². The number of ketones is 1. The normalized spacial score (nSPS) is 11.0. The molecule has 1 heterocycles. The number of fused-ring (bicyclic) bond motifs is 1. The average Bonchev–Trinajstić information content (AvgIpc) is 2.53. The first-order valence-electron chi connectivity index (χ1n) is 6.45. The molecule has 2 nitrogen and oxygen atoms in total. The predicted molar refractivity (Wildman–Crippen MR) is 81.5 cm³/mol. The van der Waals surface area contributed by atoms with Crippen molar-refractivity contribution in [2.45, 2.75) is 0 Å². The number of hydrogen-bond donors (Lipinski definition) is 0. The summed E-state index contributed by atoms with van der Waals surface area (Å²) in [4.78, 5) is 16.4. The Bertz CT molecular complexity index is 770. The second-order valence-electron chi connectivity index (χ2n) is 4.51. The quantitative estimate of drug-likeness (QED) is 0.523. The monoisotopic (exact) mass is 259 g/mol. The summed E-state index contributed by atoms with van der Waals surface area (Å²) in [6.07, 6.45) is 6.93. The molecule has 0 aliphatic heterocycles. The van der Waals surface area contributed by atoms with Crippen molar-refractivity contribution in [3.8, 4) is 0 Å². The van der Waals surface area contributed by atoms with Crippen molar-refractivity contribution in [3.63, 3.8) is 0 Å². The largest absolute Gasteiger partial charge is 0.289 e. The van der Waals surface area contributed by atoms with Crippen LogP contribution in [0.25, 0.3) is 16.8 Å². The standard InChI is InChI=1S/C18H13NO/c20-18(10-9-14-5-2-1-3-6-14)17-8-4-7-15-13-19-12-11-16(15)17/h1-13H/b10-9+. The van der Waals surface area contributed by atoms with Gasteiger partial charge in [-0.25, -0.2) is 0 Å². The zero-order valence-electron chi connectivity index (χ0n) is 10.9. The average molecular weight is 259 g/mol. The van der Waals surface area contributed by atoms with Crippen LogP contribution in [0.2, 0.25) is 0 Å². The second-order valence-corrected chi connectivity index (χ2v) is 4.51. The number of hydrogen-bond acceptors (Lipinski definition) is 2. The van der Waals surface area contributed by atoms with Gasteiger partial charge in [-0.3, -0.25) is 9.78 Å². The van der Waals surface area contributed by atoms with E-state index in [4.69, 9.17) is 0 Å². The van der Waals surface area contributed by atoms with E-state index >= 15 is 0 Å². The summed E-state index contributed by atoms with van der Waals surface area (Å²) in [5, 5.41) is 1.91. The number of carbonyl (C=O) groups is 1. The van der Waals surface area contributed by atoms with E-state index in [9.17, 15) is 4.79 Å². The molecule has 0 saturated heterocycles. The van der Waals surface area contributed by atoms with Crippen molar-refractivity contribution in [1.82, 2.24) is 4.98 Å². The van der Waals surface area contributed by atoms with Crippen LogP contribution in [-0.4, -0.2) is 10.8 Å². The maximum absolute atomic E-state index is 12.3. The summed E-state index contributed by atoms with van der Waals surface area (Å²) in [6, 6.07) is 17.4. The van der Waals surface area contributed by atoms with Crippen LogP contribution in [0, 0.1) is 0 Å². The van der Waals surface area contributed by atoms with E-state index < -0.39 is 0 Å². The second kappa shape index (κ2) is 5.49. The highest BCUT2D eigenvalue weighted by Crippen LogP contribution is 2.18. The highest BCUT2D eigenvalue weighted by atomic mass is 16.1. The van der Waals surface area contributed by atoms with Gasteiger partial charge in [-0.1, -0.05) is 54.6 Å². The van der Waals surface area contributed by atoms with Gasteiger partial charge in [-0.2, -0.15) is 0 Å². The number of aromatic nitrogens is 1. The first kappa shape index (κ1) is 12.3. The lowest BCUT2D eigenvalue weighted by molar-refractivity contribution is 0.104. The van der Waals surface area contributed by atoms with Crippen LogP contribution in [0.4, 0.5) is 0 Å². The van der Waals surface area contributed by atoms with Gasteiger partial charge in [0.25, 0.3) is 0 Å². The molecule has 0 amide bonds. The molecule has 1 aromatic heterocycles. The molecule has 2 aromatic carbocycles. The zero-order valence-corrected chi connectivity index (χ0v) is 10.9. The lowest BCUT2D eigenvalue weighted by Crippen LogP contribution is -1.95. The lowest BCUT2D eigenvalue weighted by Gasteiger charge is -2.02. The molecule has 0 aliphatic carbocycles. The molecule has 0 N–H and O–H groups in total. The molecule has 3 rings (SSSR count). The van der Waals surface area contributed by atoms with Gasteiger partial charge in [-0.15, -0.1) is 0 Å². The minimum absolute atomic E-state index is 0.00523. The Labute approximate surface area is 117 Å². The molecule has 0 unspecified atom stereocenters. The predicted octanol–water partition coefficient (Wildman–Crippen LogP) is 4.13. The SMILES string of the molecule is O=C(/C=C/c1ccccc1)c1cccc2cnccc12. The van der Waals surface area contributed by atoms with Crippen molar-refractivity contribution < 1.29 is 4.79 Å². The number of pyridine rings is 1. The fraction of sp³-hybridized carbons (Fsp3) is 0. The van der Waals surface area contributed by atoms with E-state index in [0.717, 1.165) is 16.3 Å². The molecule has 0 fully saturated rings. The van der Waals surface area contributed by atoms with Crippen molar-refractivity contribution in [1.29, 1.82) is 0 Å². The third kappa shape index (κ3) is 2.50. The fourth-order valence-electron chi connectivity index (χ4n) is 2.16. The smallest absolute Gasteiger partial charge is 0.186 e. The summed E-state index contributed by atoms with van der Waals surface area (Å²) in [5.74, 6) is 0.00523. The summed E-state index contributed by atoms with van der Waals surface area (Å²) in [5.41, 5.74) is 1.72. The van der Waals surface area contributed by atoms with Crippen LogP contribution < -0.4 is 0 Å². The Hall–Kier alpha value is -2.74. The maximum atomic E-state index is 12.3. The topological polar surface area (TPSA) is 30.0 Å². The molecule has 0 saturated carbocycles. The number of rotatable bonds is 3. The van der Waals surface area contributed by atoms with E-state index in [1.54, 1.807) is 18.5 Å². The third-order valence-electron chi connectivity index (χ3n) is 3.17. The van der Waals surface area contributed by atoms with Gasteiger partial charge in [-0.05, 0) is 23.1 Å². The fourth-order valence-corrected chi connectivity index (χ4v) is 2.16. The summed E-state index contributed by atoms with van der Waals surface area (Å²) < 4.78 is 0. The minimum atomic E-state index is 0.00523. The number of nitrogens with zero attached hydrogens (tertiary/aromatic N) is 1. The van der Waals surface area contributed by atoms with Gasteiger partial charge < -0.3 is 0 Å². The van der Waals surface area contributed by atoms with Crippen molar-refractivity contribution in [3.05, 3.63) is 84.2 Å². The molecular weight excluding hydrogens is 246 g/mol. The van der Waals surface area contributed by atoms with Crippen molar-refractivity contribution >= 4 is 22.6 Å². The van der Waals surface area contributed by atoms with Crippen LogP contribution >= 0.6 is 0 Å². The third-order valence-corrected chi connectivity index (χ3v) is 3.17. The zero-order chi connectivity index (χ0) is 13.8. The molecule has 3 aromatic rings. The number of carbonyl (C=O) groups excluding carboxylic acids is 1. The highest BCUT2D eigenvalue weighted by Gasteiger charge is 2.06. The van der Waals surface area contributed by atoms with Crippen molar-refractivity contribution in [2.24, 2.45) is 0 Å². The summed E-state index contributed by atoms with van der Waals surface area (Å²) in [7, 11) is 0. The maximum Gasteiger partial charge on any atom is 0.186 e. The molecule has 0 bridgehead atoms. The number of benzene rings is 2. The lowest BCUT2D eigenvalue weighted by atomic mass is 10.0. The van der Waals surface area contributed by atoms with Crippen LogP contribution in [0.1, 0.15) is 15.9 Å². The van der Waals surface area contributed by atoms with Gasteiger partial charge in [0.05, 0.1) is 0 Å². The molecule has 0 aliphatic rings. The van der Waals surface area contributed by atoms with E-state index in [1.807, 2.05) is 60.7 Å². The molecule has 2 heteroatoms. The van der Waals surface area contributed by atoms with Crippen LogP contribution in [0.3, 0.4) is 0 Å². The van der Waals surface area contributed by atoms with Gasteiger partial charge in [0.2, 0.25) is 0 Å². The summed E-state index contributed by atoms with van der Waals surface area (Å²) in [6.45, 7) is 0. The van der Waals surface area contributed by atoms with Gasteiger partial charge >= 0.3 is 0 Å². The van der Waals surface area contributed by atoms with E-state index in [2.05, 4.69) is 4.98 Å². The van der Waals surface area contributed by atoms with Crippen LogP contribution in [0.5, 0.6) is 0 Å². The Morgan fingerprint density at radius 3 is 2.65 bits per heavy atom. The molecule has 0 radical (unpaired) electrons. The van der Waals surface area contributed by atoms with E-state index in [1.165, 1.54) is 0 Å². The Kier molecular flexibility index (Phi) is 3.38. The van der Waals surface area contributed by atoms with E-state index in [-0.39, 0.29) is 5.78 Å². The van der Waals surface area contributed by atoms with Crippen molar-refractivity contribution in [2.75, 3.05) is 0 Å². The van der Waals surface area contributed by atoms with Gasteiger partial charge in [0.1, 0.15) is 0 Å². The Morgan fingerprint density at radius 2 is 1.80 bits per heavy atom. The van der Waals surface area contributed by atoms with Crippen LogP contribution in [-0.2, 0) is 0 Å². The first-order valence-corrected chi connectivity index (χ1v) is 6.45. The highest BCUT2D eigenvalue weighted by molar-refractivity contribution is 6.14. The van der Waals surface area contributed by atoms with Gasteiger partial charge in [0, 0.05) is 23.3 Å². The summed E-state index contributed by atoms with van der Waals surface area (Å²) >= 11 is 0. The van der Waals surface area contributed by atoms with E-state index in [0.29, 0.717) is 5.56 Å². The Balaban J connectivity index is 1.95. The minimum Gasteiger partial charge on any atom is -0.289 e. The van der Waals surface area contributed by atoms with Crippen LogP contribution in [0.15, 0.2) is 73.1 Å². The molecule has 0 atom stereocenters. The first-order chi connectivity index (χ1) is 9.84. The Morgan fingerprint density at radius 1 is 0.950 bits per heavy atom.